The Balaban J connectivity index is 2.00. The van der Waals surface area contributed by atoms with Gasteiger partial charge in [-0.3, -0.25) is 4.79 Å². The van der Waals surface area contributed by atoms with Crippen LogP contribution in [0.25, 0.3) is 21.9 Å². The van der Waals surface area contributed by atoms with Gasteiger partial charge in [0.1, 0.15) is 6.04 Å². The zero-order chi connectivity index (χ0) is 17.3. The largest absolute Gasteiger partial charge is 0.480 e. The average molecular weight is 360 g/mol. The number of aliphatic carboxylic acids is 1. The Morgan fingerprint density at radius 2 is 1.62 bits per heavy atom. The lowest BCUT2D eigenvalue weighted by Crippen LogP contribution is -2.32. The number of nitrogens with two attached hydrogens (primary N) is 1. The molecule has 24 heavy (non-hydrogen) atoms. The molecule has 5 heteroatoms. The van der Waals surface area contributed by atoms with Crippen molar-refractivity contribution in [2.75, 3.05) is 0 Å². The molecule has 3 rings (SSSR count). The molecule has 122 valence electrons. The lowest BCUT2D eigenvalue weighted by molar-refractivity contribution is -0.138. The Bertz CT molecular complexity index is 904. The van der Waals surface area contributed by atoms with Crippen LogP contribution in [0.5, 0.6) is 0 Å². The summed E-state index contributed by atoms with van der Waals surface area (Å²) < 4.78 is 0. The molecule has 1 unspecified atom stereocenters. The summed E-state index contributed by atoms with van der Waals surface area (Å²) in [5.74, 6) is -1.00. The van der Waals surface area contributed by atoms with Crippen LogP contribution in [0.2, 0.25) is 10.0 Å². The minimum absolute atomic E-state index is 0.295. The first-order chi connectivity index (χ1) is 11.5. The van der Waals surface area contributed by atoms with Crippen LogP contribution in [0.1, 0.15) is 5.56 Å². The quantitative estimate of drug-likeness (QED) is 0.705. The second-order valence-corrected chi connectivity index (χ2v) is 6.46. The van der Waals surface area contributed by atoms with E-state index in [2.05, 4.69) is 0 Å². The first-order valence-electron chi connectivity index (χ1n) is 7.41. The summed E-state index contributed by atoms with van der Waals surface area (Å²) in [7, 11) is 0. The molecule has 0 aromatic heterocycles. The van der Waals surface area contributed by atoms with Crippen molar-refractivity contribution in [1.82, 2.24) is 0 Å². The van der Waals surface area contributed by atoms with Crippen LogP contribution in [0.4, 0.5) is 0 Å². The highest BCUT2D eigenvalue weighted by atomic mass is 35.5. The molecule has 0 aliphatic carbocycles. The molecule has 3 aromatic carbocycles. The molecule has 3 N–H and O–H groups in total. The molecule has 0 fully saturated rings. The van der Waals surface area contributed by atoms with E-state index in [4.69, 9.17) is 34.0 Å². The Morgan fingerprint density at radius 3 is 2.29 bits per heavy atom. The van der Waals surface area contributed by atoms with E-state index in [1.807, 2.05) is 54.6 Å². The normalized spacial score (nSPS) is 12.3. The molecule has 3 nitrogen and oxygen atoms in total. The zero-order valence-corrected chi connectivity index (χ0v) is 14.2. The molecule has 0 bridgehead atoms. The van der Waals surface area contributed by atoms with Gasteiger partial charge in [0, 0.05) is 15.6 Å². The summed E-state index contributed by atoms with van der Waals surface area (Å²) in [6, 6.07) is 16.3. The van der Waals surface area contributed by atoms with Gasteiger partial charge >= 0.3 is 5.97 Å². The fraction of sp³-hybridized carbons (Fsp3) is 0.105. The van der Waals surface area contributed by atoms with E-state index < -0.39 is 12.0 Å². The van der Waals surface area contributed by atoms with Crippen molar-refractivity contribution in [3.63, 3.8) is 0 Å². The highest BCUT2D eigenvalue weighted by Crippen LogP contribution is 2.36. The van der Waals surface area contributed by atoms with Crippen LogP contribution in [0, 0.1) is 0 Å². The summed E-state index contributed by atoms with van der Waals surface area (Å²) in [5, 5.41) is 12.2. The molecule has 0 saturated carbocycles. The number of hydrogen-bond donors (Lipinski definition) is 2. The maximum Gasteiger partial charge on any atom is 0.320 e. The van der Waals surface area contributed by atoms with Crippen LogP contribution in [0.3, 0.4) is 0 Å². The SMILES string of the molecule is NC(Cc1ccc2cc(-c3c(Cl)cccc3Cl)ccc2c1)C(=O)O. The van der Waals surface area contributed by atoms with Crippen molar-refractivity contribution >= 4 is 39.9 Å². The van der Waals surface area contributed by atoms with Crippen molar-refractivity contribution in [3.05, 3.63) is 70.2 Å². The second kappa shape index (κ2) is 6.81. The first kappa shape index (κ1) is 16.8. The summed E-state index contributed by atoms with van der Waals surface area (Å²) in [4.78, 5) is 10.9. The molecule has 0 heterocycles. The van der Waals surface area contributed by atoms with E-state index in [9.17, 15) is 4.79 Å². The molecule has 0 radical (unpaired) electrons. The van der Waals surface area contributed by atoms with E-state index in [0.29, 0.717) is 16.5 Å². The van der Waals surface area contributed by atoms with Crippen LogP contribution >= 0.6 is 23.2 Å². The number of carboxylic acid groups (broad SMARTS) is 1. The predicted octanol–water partition coefficient (Wildman–Crippen LogP) is 4.77. The van der Waals surface area contributed by atoms with E-state index in [-0.39, 0.29) is 0 Å². The van der Waals surface area contributed by atoms with Gasteiger partial charge in [0.05, 0.1) is 0 Å². The van der Waals surface area contributed by atoms with Gasteiger partial charge in [-0.2, -0.15) is 0 Å². The Morgan fingerprint density at radius 1 is 1.00 bits per heavy atom. The maximum absolute atomic E-state index is 10.9. The van der Waals surface area contributed by atoms with Gasteiger partial charge in [-0.05, 0) is 46.5 Å². The third-order valence-electron chi connectivity index (χ3n) is 3.93. The van der Waals surface area contributed by atoms with Crippen LogP contribution in [-0.4, -0.2) is 17.1 Å². The summed E-state index contributed by atoms with van der Waals surface area (Å²) in [5.41, 5.74) is 8.23. The van der Waals surface area contributed by atoms with Crippen LogP contribution < -0.4 is 5.73 Å². The van der Waals surface area contributed by atoms with Crippen molar-refractivity contribution < 1.29 is 9.90 Å². The lowest BCUT2D eigenvalue weighted by Gasteiger charge is -2.10. The summed E-state index contributed by atoms with van der Waals surface area (Å²) in [6.07, 6.45) is 0.295. The van der Waals surface area contributed by atoms with E-state index >= 15 is 0 Å². The molecule has 1 atom stereocenters. The number of rotatable bonds is 4. The maximum atomic E-state index is 10.9. The monoisotopic (exact) mass is 359 g/mol. The van der Waals surface area contributed by atoms with E-state index in [0.717, 1.165) is 27.5 Å². The number of benzene rings is 3. The highest BCUT2D eigenvalue weighted by Gasteiger charge is 2.13. The smallest absolute Gasteiger partial charge is 0.320 e. The zero-order valence-electron chi connectivity index (χ0n) is 12.7. The van der Waals surface area contributed by atoms with Crippen molar-refractivity contribution in [2.45, 2.75) is 12.5 Å². The average Bonchev–Trinajstić information content (AvgIpc) is 2.54. The third-order valence-corrected chi connectivity index (χ3v) is 4.56. The van der Waals surface area contributed by atoms with Crippen molar-refractivity contribution in [1.29, 1.82) is 0 Å². The number of fused-ring (bicyclic) bond motifs is 1. The van der Waals surface area contributed by atoms with Gasteiger partial charge in [-0.15, -0.1) is 0 Å². The second-order valence-electron chi connectivity index (χ2n) is 5.64. The summed E-state index contributed by atoms with van der Waals surface area (Å²) in [6.45, 7) is 0. The van der Waals surface area contributed by atoms with Gasteiger partial charge < -0.3 is 10.8 Å². The molecule has 3 aromatic rings. The van der Waals surface area contributed by atoms with E-state index in [1.54, 1.807) is 0 Å². The molecule has 0 spiro atoms. The number of carboxylic acids is 1. The van der Waals surface area contributed by atoms with Gasteiger partial charge in [-0.1, -0.05) is 59.6 Å². The molecular formula is C19H15Cl2NO2. The third kappa shape index (κ3) is 3.39. The fourth-order valence-electron chi connectivity index (χ4n) is 2.69. The van der Waals surface area contributed by atoms with Gasteiger partial charge in [0.15, 0.2) is 0 Å². The minimum atomic E-state index is -1.00. The number of hydrogen-bond acceptors (Lipinski definition) is 2. The molecule has 0 saturated heterocycles. The van der Waals surface area contributed by atoms with Crippen molar-refractivity contribution in [2.24, 2.45) is 5.73 Å². The Hall–Kier alpha value is -2.07. The van der Waals surface area contributed by atoms with E-state index in [1.165, 1.54) is 0 Å². The van der Waals surface area contributed by atoms with Gasteiger partial charge in [0.2, 0.25) is 0 Å². The highest BCUT2D eigenvalue weighted by molar-refractivity contribution is 6.39. The van der Waals surface area contributed by atoms with Crippen LogP contribution in [0.15, 0.2) is 54.6 Å². The fourth-order valence-corrected chi connectivity index (χ4v) is 3.31. The Kier molecular flexibility index (Phi) is 4.76. The van der Waals surface area contributed by atoms with Crippen molar-refractivity contribution in [3.8, 4) is 11.1 Å². The number of halogens is 2. The van der Waals surface area contributed by atoms with Crippen LogP contribution in [-0.2, 0) is 11.2 Å². The number of carbonyl (C=O) groups is 1. The molecule has 0 amide bonds. The molecule has 0 aliphatic rings. The minimum Gasteiger partial charge on any atom is -0.480 e. The van der Waals surface area contributed by atoms with Gasteiger partial charge in [0.25, 0.3) is 0 Å². The predicted molar refractivity (Wildman–Crippen MR) is 98.7 cm³/mol. The Labute approximate surface area is 149 Å². The molecular weight excluding hydrogens is 345 g/mol. The van der Waals surface area contributed by atoms with Gasteiger partial charge in [-0.25, -0.2) is 0 Å². The standard InChI is InChI=1S/C19H15Cl2NO2/c20-15-2-1-3-16(21)18(15)14-7-6-12-8-11(4-5-13(12)10-14)9-17(22)19(23)24/h1-8,10,17H,9,22H2,(H,23,24). The first-order valence-corrected chi connectivity index (χ1v) is 8.17. The molecule has 0 aliphatic heterocycles. The lowest BCUT2D eigenvalue weighted by atomic mass is 9.98. The summed E-state index contributed by atoms with van der Waals surface area (Å²) >= 11 is 12.5. The topological polar surface area (TPSA) is 63.3 Å².